The summed E-state index contributed by atoms with van der Waals surface area (Å²) in [5, 5.41) is 38.8. The van der Waals surface area contributed by atoms with Crippen LogP contribution in [0.2, 0.25) is 0 Å². The van der Waals surface area contributed by atoms with Crippen molar-refractivity contribution in [2.75, 3.05) is 0 Å². The molecule has 4 heteroatoms. The minimum Gasteiger partial charge on any atom is -0.504 e. The van der Waals surface area contributed by atoms with Gasteiger partial charge in [0.25, 0.3) is 0 Å². The molecule has 2 atom stereocenters. The van der Waals surface area contributed by atoms with E-state index in [4.69, 9.17) is 0 Å². The van der Waals surface area contributed by atoms with Gasteiger partial charge >= 0.3 is 0 Å². The molecule has 0 aliphatic heterocycles. The van der Waals surface area contributed by atoms with Crippen molar-refractivity contribution in [3.63, 3.8) is 0 Å². The lowest BCUT2D eigenvalue weighted by molar-refractivity contribution is 0.356. The van der Waals surface area contributed by atoms with Gasteiger partial charge in [-0.2, -0.15) is 0 Å². The van der Waals surface area contributed by atoms with Crippen molar-refractivity contribution in [2.45, 2.75) is 26.7 Å². The fourth-order valence-electron chi connectivity index (χ4n) is 2.58. The molecule has 0 heterocycles. The van der Waals surface area contributed by atoms with Crippen LogP contribution in [0.1, 0.15) is 25.0 Å². The van der Waals surface area contributed by atoms with Gasteiger partial charge in [-0.25, -0.2) is 0 Å². The van der Waals surface area contributed by atoms with Crippen LogP contribution in [0.3, 0.4) is 0 Å². The van der Waals surface area contributed by atoms with E-state index in [1.165, 1.54) is 12.1 Å². The van der Waals surface area contributed by atoms with Crippen molar-refractivity contribution in [1.29, 1.82) is 0 Å². The van der Waals surface area contributed by atoms with E-state index in [9.17, 15) is 20.4 Å². The molecule has 4 N–H and O–H groups in total. The Morgan fingerprint density at radius 1 is 0.682 bits per heavy atom. The van der Waals surface area contributed by atoms with E-state index in [2.05, 4.69) is 13.8 Å². The standard InChI is InChI=1S/C18H22O4/c1-11(9-13-5-3-7-15(19)17(13)21)12(2)10-14-6-4-8-16(20)18(14)22/h3-8,11-12,19-22H,9-10H2,1-2H3. The van der Waals surface area contributed by atoms with Gasteiger partial charge in [0, 0.05) is 0 Å². The van der Waals surface area contributed by atoms with E-state index in [1.54, 1.807) is 24.3 Å². The highest BCUT2D eigenvalue weighted by molar-refractivity contribution is 5.45. The van der Waals surface area contributed by atoms with Gasteiger partial charge in [0.05, 0.1) is 0 Å². The minimum absolute atomic E-state index is 0.0678. The summed E-state index contributed by atoms with van der Waals surface area (Å²) >= 11 is 0. The molecule has 0 saturated carbocycles. The maximum atomic E-state index is 9.88. The summed E-state index contributed by atoms with van der Waals surface area (Å²) in [6.07, 6.45) is 1.25. The van der Waals surface area contributed by atoms with Crippen molar-refractivity contribution < 1.29 is 20.4 Å². The van der Waals surface area contributed by atoms with Gasteiger partial charge in [-0.3, -0.25) is 0 Å². The molecular weight excluding hydrogens is 280 g/mol. The number of phenols is 4. The molecule has 0 aliphatic carbocycles. The lowest BCUT2D eigenvalue weighted by atomic mass is 9.85. The average Bonchev–Trinajstić information content (AvgIpc) is 2.48. The van der Waals surface area contributed by atoms with Gasteiger partial charge in [0.15, 0.2) is 23.0 Å². The van der Waals surface area contributed by atoms with E-state index in [1.807, 2.05) is 0 Å². The van der Waals surface area contributed by atoms with E-state index in [0.717, 1.165) is 0 Å². The summed E-state index contributed by atoms with van der Waals surface area (Å²) in [5.41, 5.74) is 1.42. The normalized spacial score (nSPS) is 13.7. The Balaban J connectivity index is 2.07. The van der Waals surface area contributed by atoms with E-state index in [-0.39, 0.29) is 34.8 Å². The smallest absolute Gasteiger partial charge is 0.160 e. The Bertz CT molecular complexity index is 594. The lowest BCUT2D eigenvalue weighted by Gasteiger charge is -2.21. The van der Waals surface area contributed by atoms with Crippen molar-refractivity contribution in [1.82, 2.24) is 0 Å². The number of hydrogen-bond donors (Lipinski definition) is 4. The summed E-state index contributed by atoms with van der Waals surface area (Å²) in [7, 11) is 0. The highest BCUT2D eigenvalue weighted by Gasteiger charge is 2.18. The van der Waals surface area contributed by atoms with Gasteiger partial charge in [-0.15, -0.1) is 0 Å². The Kier molecular flexibility index (Phi) is 4.81. The van der Waals surface area contributed by atoms with Crippen molar-refractivity contribution >= 4 is 0 Å². The maximum absolute atomic E-state index is 9.88. The SMILES string of the molecule is CC(Cc1cccc(O)c1O)C(C)Cc1cccc(O)c1O. The molecule has 2 rings (SSSR count). The van der Waals surface area contributed by atoms with Crippen LogP contribution in [-0.2, 0) is 12.8 Å². The highest BCUT2D eigenvalue weighted by atomic mass is 16.3. The second-order valence-electron chi connectivity index (χ2n) is 5.93. The summed E-state index contributed by atoms with van der Waals surface area (Å²) < 4.78 is 0. The monoisotopic (exact) mass is 302 g/mol. The maximum Gasteiger partial charge on any atom is 0.160 e. The van der Waals surface area contributed by atoms with Gasteiger partial charge in [0.2, 0.25) is 0 Å². The molecule has 0 spiro atoms. The number of phenolic OH excluding ortho intramolecular Hbond substituents is 4. The van der Waals surface area contributed by atoms with Crippen LogP contribution in [-0.4, -0.2) is 20.4 Å². The third-order valence-electron chi connectivity index (χ3n) is 4.25. The van der Waals surface area contributed by atoms with Crippen LogP contribution in [0, 0.1) is 11.8 Å². The number of benzene rings is 2. The quantitative estimate of drug-likeness (QED) is 0.637. The number of para-hydroxylation sites is 2. The first-order valence-electron chi connectivity index (χ1n) is 7.39. The van der Waals surface area contributed by atoms with E-state index >= 15 is 0 Å². The average molecular weight is 302 g/mol. The zero-order chi connectivity index (χ0) is 16.3. The Hall–Kier alpha value is -2.36. The first-order valence-corrected chi connectivity index (χ1v) is 7.39. The molecule has 0 radical (unpaired) electrons. The topological polar surface area (TPSA) is 80.9 Å². The third-order valence-corrected chi connectivity index (χ3v) is 4.25. The molecular formula is C18H22O4. The summed E-state index contributed by atoms with van der Waals surface area (Å²) in [6.45, 7) is 4.13. The van der Waals surface area contributed by atoms with Gasteiger partial charge in [-0.05, 0) is 47.9 Å². The van der Waals surface area contributed by atoms with E-state index < -0.39 is 0 Å². The molecule has 0 aromatic heterocycles. The van der Waals surface area contributed by atoms with Crippen LogP contribution >= 0.6 is 0 Å². The van der Waals surface area contributed by atoms with Gasteiger partial charge in [0.1, 0.15) is 0 Å². The zero-order valence-electron chi connectivity index (χ0n) is 12.8. The summed E-state index contributed by atoms with van der Waals surface area (Å²) in [5.74, 6) is 0.110. The Morgan fingerprint density at radius 3 is 1.41 bits per heavy atom. The van der Waals surface area contributed by atoms with Gasteiger partial charge < -0.3 is 20.4 Å². The predicted octanol–water partition coefficient (Wildman–Crippen LogP) is 3.57. The Labute approximate surface area is 130 Å². The van der Waals surface area contributed by atoms with Crippen LogP contribution in [0.5, 0.6) is 23.0 Å². The van der Waals surface area contributed by atoms with Crippen molar-refractivity contribution in [2.24, 2.45) is 11.8 Å². The molecule has 0 aliphatic rings. The minimum atomic E-state index is -0.108. The molecule has 0 fully saturated rings. The second kappa shape index (κ2) is 6.60. The largest absolute Gasteiger partial charge is 0.504 e. The predicted molar refractivity (Wildman–Crippen MR) is 85.3 cm³/mol. The number of aromatic hydroxyl groups is 4. The van der Waals surface area contributed by atoms with Crippen molar-refractivity contribution in [3.05, 3.63) is 47.5 Å². The number of rotatable bonds is 5. The molecule has 0 amide bonds. The van der Waals surface area contributed by atoms with Gasteiger partial charge in [-0.1, -0.05) is 38.1 Å². The molecule has 4 nitrogen and oxygen atoms in total. The lowest BCUT2D eigenvalue weighted by Crippen LogP contribution is -2.14. The fraction of sp³-hybridized carbons (Fsp3) is 0.333. The molecule has 0 saturated heterocycles. The molecule has 0 bridgehead atoms. The second-order valence-corrected chi connectivity index (χ2v) is 5.93. The summed E-state index contributed by atoms with van der Waals surface area (Å²) in [4.78, 5) is 0. The van der Waals surface area contributed by atoms with Crippen LogP contribution < -0.4 is 0 Å². The zero-order valence-corrected chi connectivity index (χ0v) is 12.8. The van der Waals surface area contributed by atoms with Crippen molar-refractivity contribution in [3.8, 4) is 23.0 Å². The first kappa shape index (κ1) is 16.0. The fourth-order valence-corrected chi connectivity index (χ4v) is 2.58. The summed E-state index contributed by atoms with van der Waals surface area (Å²) in [6, 6.07) is 9.93. The Morgan fingerprint density at radius 2 is 1.05 bits per heavy atom. The van der Waals surface area contributed by atoms with Crippen LogP contribution in [0.15, 0.2) is 36.4 Å². The van der Waals surface area contributed by atoms with Crippen LogP contribution in [0.25, 0.3) is 0 Å². The first-order chi connectivity index (χ1) is 10.4. The van der Waals surface area contributed by atoms with E-state index in [0.29, 0.717) is 24.0 Å². The molecule has 2 unspecified atom stereocenters. The molecule has 2 aromatic rings. The highest BCUT2D eigenvalue weighted by Crippen LogP contribution is 2.34. The molecule has 118 valence electrons. The van der Waals surface area contributed by atoms with Crippen LogP contribution in [0.4, 0.5) is 0 Å². The molecule has 2 aromatic carbocycles. The number of hydrogen-bond acceptors (Lipinski definition) is 4. The third kappa shape index (κ3) is 3.45. The molecule has 22 heavy (non-hydrogen) atoms.